The van der Waals surface area contributed by atoms with E-state index in [1.54, 1.807) is 0 Å². The van der Waals surface area contributed by atoms with E-state index in [0.29, 0.717) is 5.88 Å². The van der Waals surface area contributed by atoms with E-state index in [4.69, 9.17) is 4.74 Å². The van der Waals surface area contributed by atoms with Crippen LogP contribution in [0.2, 0.25) is 0 Å². The Hall–Kier alpha value is -1.61. The van der Waals surface area contributed by atoms with Gasteiger partial charge in [-0.3, -0.25) is 0 Å². The molecule has 1 N–H and O–H groups in total. The topological polar surface area (TPSA) is 34.1 Å². The van der Waals surface area contributed by atoms with Crippen LogP contribution in [0.5, 0.6) is 5.88 Å². The first-order valence-corrected chi connectivity index (χ1v) is 6.78. The van der Waals surface area contributed by atoms with Gasteiger partial charge in [0, 0.05) is 18.0 Å². The average molecular weight is 258 g/mol. The molecule has 3 nitrogen and oxygen atoms in total. The first kappa shape index (κ1) is 13.8. The second kappa shape index (κ2) is 5.57. The number of aromatic nitrogens is 1. The molecule has 2 rings (SSSR count). The Balaban J connectivity index is 2.44. The molecule has 0 saturated carbocycles. The van der Waals surface area contributed by atoms with Crippen molar-refractivity contribution in [3.8, 4) is 5.88 Å². The van der Waals surface area contributed by atoms with Crippen LogP contribution in [0.25, 0.3) is 10.9 Å². The molecule has 0 bridgehead atoms. The fourth-order valence-corrected chi connectivity index (χ4v) is 1.99. The molecule has 0 saturated heterocycles. The fraction of sp³-hybridized carbons (Fsp3) is 0.438. The van der Waals surface area contributed by atoms with Crippen LogP contribution >= 0.6 is 0 Å². The van der Waals surface area contributed by atoms with Gasteiger partial charge >= 0.3 is 0 Å². The molecular formula is C16H22N2O. The van der Waals surface area contributed by atoms with E-state index in [9.17, 15) is 0 Å². The third kappa shape index (κ3) is 3.67. The van der Waals surface area contributed by atoms with E-state index in [-0.39, 0.29) is 5.60 Å². The highest BCUT2D eigenvalue weighted by atomic mass is 16.5. The van der Waals surface area contributed by atoms with Crippen molar-refractivity contribution in [1.82, 2.24) is 10.3 Å². The van der Waals surface area contributed by atoms with Gasteiger partial charge < -0.3 is 10.1 Å². The molecule has 0 unspecified atom stereocenters. The fourth-order valence-electron chi connectivity index (χ4n) is 1.99. The number of benzene rings is 1. The number of rotatable bonds is 4. The molecule has 0 spiro atoms. The van der Waals surface area contributed by atoms with Gasteiger partial charge in [0.05, 0.1) is 5.52 Å². The lowest BCUT2D eigenvalue weighted by Gasteiger charge is -2.21. The van der Waals surface area contributed by atoms with E-state index in [1.165, 1.54) is 10.9 Å². The van der Waals surface area contributed by atoms with E-state index < -0.39 is 0 Å². The Kier molecular flexibility index (Phi) is 4.05. The van der Waals surface area contributed by atoms with Crippen LogP contribution < -0.4 is 10.1 Å². The lowest BCUT2D eigenvalue weighted by atomic mass is 10.1. The summed E-state index contributed by atoms with van der Waals surface area (Å²) >= 11 is 0. The van der Waals surface area contributed by atoms with E-state index in [2.05, 4.69) is 23.3 Å². The van der Waals surface area contributed by atoms with Crippen LogP contribution in [0, 0.1) is 0 Å². The zero-order valence-electron chi connectivity index (χ0n) is 12.2. The minimum Gasteiger partial charge on any atom is -0.472 e. The molecule has 0 fully saturated rings. The van der Waals surface area contributed by atoms with Gasteiger partial charge in [0.1, 0.15) is 5.60 Å². The molecule has 0 aliphatic rings. The summed E-state index contributed by atoms with van der Waals surface area (Å²) in [5.41, 5.74) is 1.98. The maximum Gasteiger partial charge on any atom is 0.214 e. The number of pyridine rings is 1. The van der Waals surface area contributed by atoms with Crippen LogP contribution in [0.3, 0.4) is 0 Å². The molecule has 0 amide bonds. The van der Waals surface area contributed by atoms with Crippen molar-refractivity contribution in [2.24, 2.45) is 0 Å². The number of nitrogens with zero attached hydrogens (tertiary/aromatic N) is 1. The van der Waals surface area contributed by atoms with Crippen molar-refractivity contribution in [2.45, 2.75) is 39.8 Å². The van der Waals surface area contributed by atoms with Crippen LogP contribution in [-0.4, -0.2) is 17.1 Å². The maximum absolute atomic E-state index is 5.89. The molecule has 1 aromatic carbocycles. The number of hydrogen-bond donors (Lipinski definition) is 1. The number of ether oxygens (including phenoxy) is 1. The quantitative estimate of drug-likeness (QED) is 0.911. The SMILES string of the molecule is CCNCc1cc(OC(C)(C)C)nc2ccccc12. The Labute approximate surface area is 115 Å². The Morgan fingerprint density at radius 1 is 1.21 bits per heavy atom. The molecule has 102 valence electrons. The van der Waals surface area contributed by atoms with Crippen molar-refractivity contribution in [3.63, 3.8) is 0 Å². The molecule has 1 heterocycles. The predicted molar refractivity (Wildman–Crippen MR) is 79.5 cm³/mol. The van der Waals surface area contributed by atoms with Crippen molar-refractivity contribution in [2.75, 3.05) is 6.54 Å². The third-order valence-electron chi connectivity index (χ3n) is 2.75. The summed E-state index contributed by atoms with van der Waals surface area (Å²) in [4.78, 5) is 4.58. The average Bonchev–Trinajstić information content (AvgIpc) is 2.34. The molecular weight excluding hydrogens is 236 g/mol. The number of fused-ring (bicyclic) bond motifs is 1. The zero-order valence-corrected chi connectivity index (χ0v) is 12.2. The Morgan fingerprint density at radius 3 is 2.63 bits per heavy atom. The summed E-state index contributed by atoms with van der Waals surface area (Å²) in [7, 11) is 0. The predicted octanol–water partition coefficient (Wildman–Crippen LogP) is 3.52. The minimum absolute atomic E-state index is 0.231. The third-order valence-corrected chi connectivity index (χ3v) is 2.75. The van der Waals surface area contributed by atoms with Gasteiger partial charge in [-0.1, -0.05) is 25.1 Å². The molecule has 0 atom stereocenters. The molecule has 0 aliphatic carbocycles. The molecule has 19 heavy (non-hydrogen) atoms. The van der Waals surface area contributed by atoms with E-state index in [0.717, 1.165) is 18.6 Å². The molecule has 3 heteroatoms. The highest BCUT2D eigenvalue weighted by molar-refractivity contribution is 5.82. The Morgan fingerprint density at radius 2 is 1.95 bits per heavy atom. The lowest BCUT2D eigenvalue weighted by molar-refractivity contribution is 0.124. The minimum atomic E-state index is -0.231. The first-order chi connectivity index (χ1) is 8.99. The van der Waals surface area contributed by atoms with Crippen molar-refractivity contribution in [1.29, 1.82) is 0 Å². The highest BCUT2D eigenvalue weighted by Gasteiger charge is 2.14. The molecule has 0 radical (unpaired) electrons. The largest absolute Gasteiger partial charge is 0.472 e. The van der Waals surface area contributed by atoms with Crippen molar-refractivity contribution < 1.29 is 4.74 Å². The second-order valence-corrected chi connectivity index (χ2v) is 5.63. The standard InChI is InChI=1S/C16H22N2O/c1-5-17-11-12-10-15(19-16(2,3)4)18-14-9-7-6-8-13(12)14/h6-10,17H,5,11H2,1-4H3. The van der Waals surface area contributed by atoms with Crippen LogP contribution in [0.1, 0.15) is 33.3 Å². The zero-order chi connectivity index (χ0) is 13.9. The van der Waals surface area contributed by atoms with Crippen molar-refractivity contribution in [3.05, 3.63) is 35.9 Å². The molecule has 2 aromatic rings. The molecule has 1 aromatic heterocycles. The van der Waals surface area contributed by atoms with E-state index in [1.807, 2.05) is 45.0 Å². The van der Waals surface area contributed by atoms with Gasteiger partial charge in [-0.25, -0.2) is 4.98 Å². The van der Waals surface area contributed by atoms with Gasteiger partial charge in [0.15, 0.2) is 0 Å². The summed E-state index contributed by atoms with van der Waals surface area (Å²) in [6.45, 7) is 10.00. The summed E-state index contributed by atoms with van der Waals surface area (Å²) in [5.74, 6) is 0.694. The second-order valence-electron chi connectivity index (χ2n) is 5.63. The van der Waals surface area contributed by atoms with Gasteiger partial charge in [-0.05, 0) is 38.9 Å². The van der Waals surface area contributed by atoms with Gasteiger partial charge in [-0.2, -0.15) is 0 Å². The normalized spacial score (nSPS) is 11.8. The monoisotopic (exact) mass is 258 g/mol. The van der Waals surface area contributed by atoms with Crippen molar-refractivity contribution >= 4 is 10.9 Å². The summed E-state index contributed by atoms with van der Waals surface area (Å²) in [6, 6.07) is 10.2. The number of nitrogens with one attached hydrogen (secondary N) is 1. The van der Waals surface area contributed by atoms with Gasteiger partial charge in [0.25, 0.3) is 0 Å². The van der Waals surface area contributed by atoms with Crippen LogP contribution in [0.4, 0.5) is 0 Å². The van der Waals surface area contributed by atoms with Crippen LogP contribution in [-0.2, 0) is 6.54 Å². The maximum atomic E-state index is 5.89. The summed E-state index contributed by atoms with van der Waals surface area (Å²) in [5, 5.41) is 4.55. The smallest absolute Gasteiger partial charge is 0.214 e. The van der Waals surface area contributed by atoms with E-state index >= 15 is 0 Å². The lowest BCUT2D eigenvalue weighted by Crippen LogP contribution is -2.23. The molecule has 0 aliphatic heterocycles. The van der Waals surface area contributed by atoms with Gasteiger partial charge in [0.2, 0.25) is 5.88 Å². The Bertz CT molecular complexity index is 558. The summed E-state index contributed by atoms with van der Waals surface area (Å²) in [6.07, 6.45) is 0. The summed E-state index contributed by atoms with van der Waals surface area (Å²) < 4.78 is 5.89. The van der Waals surface area contributed by atoms with Crippen LogP contribution in [0.15, 0.2) is 30.3 Å². The highest BCUT2D eigenvalue weighted by Crippen LogP contribution is 2.24. The first-order valence-electron chi connectivity index (χ1n) is 6.78. The number of hydrogen-bond acceptors (Lipinski definition) is 3. The number of para-hydroxylation sites is 1. The van der Waals surface area contributed by atoms with Gasteiger partial charge in [-0.15, -0.1) is 0 Å².